The van der Waals surface area contributed by atoms with Crippen LogP contribution in [0.2, 0.25) is 0 Å². The summed E-state index contributed by atoms with van der Waals surface area (Å²) in [6.45, 7) is 0. The summed E-state index contributed by atoms with van der Waals surface area (Å²) in [5, 5.41) is 30.1. The van der Waals surface area contributed by atoms with E-state index in [-0.39, 0.29) is 0 Å². The van der Waals surface area contributed by atoms with Crippen LogP contribution in [-0.2, 0) is 5.60 Å². The van der Waals surface area contributed by atoms with Crippen molar-refractivity contribution in [2.24, 2.45) is 0 Å². The van der Waals surface area contributed by atoms with Crippen LogP contribution in [0.5, 0.6) is 0 Å². The van der Waals surface area contributed by atoms with E-state index < -0.39 is 11.6 Å². The highest BCUT2D eigenvalue weighted by Crippen LogP contribution is 2.42. The molecule has 0 fully saturated rings. The third-order valence-electron chi connectivity index (χ3n) is 4.60. The molecule has 1 aromatic carbocycles. The van der Waals surface area contributed by atoms with Crippen LogP contribution in [0.25, 0.3) is 0 Å². The number of hydrogen-bond acceptors (Lipinski definition) is 6. The minimum atomic E-state index is -1.57. The largest absolute Gasteiger partial charge is 0.378 e. The van der Waals surface area contributed by atoms with Gasteiger partial charge >= 0.3 is 0 Å². The first kappa shape index (κ1) is 17.5. The predicted octanol–water partition coefficient (Wildman–Crippen LogP) is 2.47. The lowest BCUT2D eigenvalue weighted by Crippen LogP contribution is -2.40. The van der Waals surface area contributed by atoms with Crippen molar-refractivity contribution in [3.63, 3.8) is 0 Å². The molecule has 0 aliphatic carbocycles. The van der Waals surface area contributed by atoms with E-state index in [4.69, 9.17) is 0 Å². The molecule has 1 atom stereocenters. The summed E-state index contributed by atoms with van der Waals surface area (Å²) >= 11 is 0. The van der Waals surface area contributed by atoms with Crippen molar-refractivity contribution in [2.75, 3.05) is 0 Å². The van der Waals surface area contributed by atoms with Gasteiger partial charge < -0.3 is 5.11 Å². The van der Waals surface area contributed by atoms with Gasteiger partial charge in [0.15, 0.2) is 0 Å². The Morgan fingerprint density at radius 2 is 1.54 bits per heavy atom. The Morgan fingerprint density at radius 3 is 2.07 bits per heavy atom. The fourth-order valence-electron chi connectivity index (χ4n) is 3.34. The number of nitrogens with zero attached hydrogens (tertiary/aromatic N) is 6. The van der Waals surface area contributed by atoms with Crippen LogP contribution < -0.4 is 0 Å². The van der Waals surface area contributed by atoms with Gasteiger partial charge in [0.25, 0.3) is 0 Å². The van der Waals surface area contributed by atoms with Crippen molar-refractivity contribution in [1.29, 1.82) is 5.26 Å². The number of nitriles is 1. The number of aromatic nitrogens is 5. The highest BCUT2D eigenvalue weighted by molar-refractivity contribution is 5.42. The SMILES string of the molecule is N#Cc1cccc(C(n2nccn2)C(O)(c2cccnc2)c2cccnc2)c1. The molecule has 7 heteroatoms. The maximum Gasteiger partial charge on any atom is 0.146 e. The Kier molecular flexibility index (Phi) is 4.62. The third kappa shape index (κ3) is 3.02. The lowest BCUT2D eigenvalue weighted by Gasteiger charge is -2.36. The molecule has 7 nitrogen and oxygen atoms in total. The zero-order valence-electron chi connectivity index (χ0n) is 14.8. The number of pyridine rings is 2. The number of hydrogen-bond donors (Lipinski definition) is 1. The van der Waals surface area contributed by atoms with Gasteiger partial charge in [-0.1, -0.05) is 24.3 Å². The predicted molar refractivity (Wildman–Crippen MR) is 101 cm³/mol. The standard InChI is InChI=1S/C21H16N6O/c22-13-16-4-1-5-17(12-16)20(27-25-10-11-26-27)21(28,18-6-2-8-23-14-18)19-7-3-9-24-15-19/h1-12,14-15,20,28H. The molecule has 0 aliphatic heterocycles. The summed E-state index contributed by atoms with van der Waals surface area (Å²) in [7, 11) is 0. The quantitative estimate of drug-likeness (QED) is 0.581. The van der Waals surface area contributed by atoms with Gasteiger partial charge in [-0.2, -0.15) is 20.3 Å². The van der Waals surface area contributed by atoms with Crippen molar-refractivity contribution < 1.29 is 5.11 Å². The summed E-state index contributed by atoms with van der Waals surface area (Å²) < 4.78 is 0. The molecule has 0 spiro atoms. The molecule has 0 amide bonds. The van der Waals surface area contributed by atoms with Crippen molar-refractivity contribution >= 4 is 0 Å². The molecule has 4 aromatic rings. The lowest BCUT2D eigenvalue weighted by molar-refractivity contribution is 0.0275. The van der Waals surface area contributed by atoms with Gasteiger partial charge in [-0.15, -0.1) is 0 Å². The van der Waals surface area contributed by atoms with Crippen molar-refractivity contribution in [1.82, 2.24) is 25.0 Å². The summed E-state index contributed by atoms with van der Waals surface area (Å²) in [5.41, 5.74) is 0.718. The summed E-state index contributed by atoms with van der Waals surface area (Å²) in [4.78, 5) is 9.81. The normalized spacial score (nSPS) is 12.3. The molecule has 0 saturated heterocycles. The molecular formula is C21H16N6O. The van der Waals surface area contributed by atoms with Crippen molar-refractivity contribution in [3.05, 3.63) is 108 Å². The molecule has 3 heterocycles. The lowest BCUT2D eigenvalue weighted by atomic mass is 9.78. The van der Waals surface area contributed by atoms with E-state index in [2.05, 4.69) is 26.2 Å². The molecule has 1 unspecified atom stereocenters. The zero-order chi connectivity index (χ0) is 19.4. The Morgan fingerprint density at radius 1 is 0.893 bits per heavy atom. The van der Waals surface area contributed by atoms with Gasteiger partial charge in [0.2, 0.25) is 0 Å². The van der Waals surface area contributed by atoms with E-state index in [0.29, 0.717) is 22.3 Å². The van der Waals surface area contributed by atoms with E-state index in [9.17, 15) is 10.4 Å². The molecule has 4 rings (SSSR count). The molecule has 0 saturated carbocycles. The second-order valence-corrected chi connectivity index (χ2v) is 6.24. The fourth-order valence-corrected chi connectivity index (χ4v) is 3.34. The average molecular weight is 368 g/mol. The Labute approximate surface area is 161 Å². The second kappa shape index (κ2) is 7.39. The van der Waals surface area contributed by atoms with Crippen LogP contribution in [-0.4, -0.2) is 30.1 Å². The Balaban J connectivity index is 2.01. The van der Waals surface area contributed by atoms with Crippen LogP contribution in [0, 0.1) is 11.3 Å². The van der Waals surface area contributed by atoms with Crippen LogP contribution in [0.1, 0.15) is 28.3 Å². The molecule has 0 aliphatic rings. The highest BCUT2D eigenvalue weighted by atomic mass is 16.3. The fraction of sp³-hybridized carbons (Fsp3) is 0.0952. The Hall–Kier alpha value is -3.89. The van der Waals surface area contributed by atoms with Gasteiger partial charge in [-0.25, -0.2) is 0 Å². The van der Waals surface area contributed by atoms with E-state index in [1.165, 1.54) is 4.80 Å². The van der Waals surface area contributed by atoms with Gasteiger partial charge in [0, 0.05) is 35.9 Å². The van der Waals surface area contributed by atoms with Crippen LogP contribution >= 0.6 is 0 Å². The molecule has 0 bridgehead atoms. The number of aliphatic hydroxyl groups is 1. The minimum Gasteiger partial charge on any atom is -0.378 e. The van der Waals surface area contributed by atoms with Gasteiger partial charge in [0.05, 0.1) is 24.0 Å². The first-order valence-electron chi connectivity index (χ1n) is 8.62. The minimum absolute atomic E-state index is 0.481. The molecule has 28 heavy (non-hydrogen) atoms. The molecule has 3 aromatic heterocycles. The first-order valence-corrected chi connectivity index (χ1v) is 8.62. The van der Waals surface area contributed by atoms with Gasteiger partial charge in [-0.05, 0) is 29.8 Å². The summed E-state index contributed by atoms with van der Waals surface area (Å²) in [5.74, 6) is 0. The van der Waals surface area contributed by atoms with E-state index in [1.54, 1.807) is 79.6 Å². The highest BCUT2D eigenvalue weighted by Gasteiger charge is 2.44. The van der Waals surface area contributed by atoms with E-state index >= 15 is 0 Å². The molecule has 0 radical (unpaired) electrons. The Bertz CT molecular complexity index is 1050. The van der Waals surface area contributed by atoms with Gasteiger partial charge in [0.1, 0.15) is 11.6 Å². The molecule has 1 N–H and O–H groups in total. The van der Waals surface area contributed by atoms with Crippen LogP contribution in [0.3, 0.4) is 0 Å². The number of rotatable bonds is 5. The van der Waals surface area contributed by atoms with E-state index in [1.807, 2.05) is 6.07 Å². The average Bonchev–Trinajstić information content (AvgIpc) is 3.29. The first-order chi connectivity index (χ1) is 13.7. The molecule has 136 valence electrons. The second-order valence-electron chi connectivity index (χ2n) is 6.24. The van der Waals surface area contributed by atoms with Crippen LogP contribution in [0.15, 0.2) is 85.7 Å². The summed E-state index contributed by atoms with van der Waals surface area (Å²) in [6.07, 6.45) is 9.60. The summed E-state index contributed by atoms with van der Waals surface area (Å²) in [6, 6.07) is 15.6. The topological polar surface area (TPSA) is 101 Å². The van der Waals surface area contributed by atoms with Crippen molar-refractivity contribution in [2.45, 2.75) is 11.6 Å². The number of benzene rings is 1. The molecular weight excluding hydrogens is 352 g/mol. The van der Waals surface area contributed by atoms with Crippen molar-refractivity contribution in [3.8, 4) is 6.07 Å². The maximum absolute atomic E-state index is 12.1. The van der Waals surface area contributed by atoms with Crippen LogP contribution in [0.4, 0.5) is 0 Å². The maximum atomic E-state index is 12.1. The monoisotopic (exact) mass is 368 g/mol. The van der Waals surface area contributed by atoms with Gasteiger partial charge in [-0.3, -0.25) is 9.97 Å². The zero-order valence-corrected chi connectivity index (χ0v) is 14.8. The third-order valence-corrected chi connectivity index (χ3v) is 4.60. The smallest absolute Gasteiger partial charge is 0.146 e. The van der Waals surface area contributed by atoms with E-state index in [0.717, 1.165) is 0 Å².